The average molecular weight is 319 g/mol. The third-order valence-electron chi connectivity index (χ3n) is 4.78. The molecule has 2 amide bonds. The molecule has 1 heterocycles. The van der Waals surface area contributed by atoms with E-state index in [1.807, 2.05) is 18.2 Å². The highest BCUT2D eigenvalue weighted by atomic mass is 16.3. The molecule has 0 bridgehead atoms. The summed E-state index contributed by atoms with van der Waals surface area (Å²) in [4.78, 5) is 16.4. The molecule has 4 unspecified atom stereocenters. The first-order valence-corrected chi connectivity index (χ1v) is 8.63. The van der Waals surface area contributed by atoms with Crippen LogP contribution in [-0.4, -0.2) is 35.3 Å². The Morgan fingerprint density at radius 3 is 2.87 bits per heavy atom. The van der Waals surface area contributed by atoms with Crippen LogP contribution >= 0.6 is 0 Å². The summed E-state index contributed by atoms with van der Waals surface area (Å²) in [6.07, 6.45) is 5.80. The van der Waals surface area contributed by atoms with Crippen LogP contribution in [0.3, 0.4) is 0 Å². The second-order valence-corrected chi connectivity index (χ2v) is 6.93. The number of urea groups is 1. The predicted octanol–water partition coefficient (Wildman–Crippen LogP) is 2.36. The Morgan fingerprint density at radius 2 is 2.22 bits per heavy atom. The van der Waals surface area contributed by atoms with Gasteiger partial charge in [0.05, 0.1) is 0 Å². The van der Waals surface area contributed by atoms with Crippen molar-refractivity contribution in [3.8, 4) is 0 Å². The summed E-state index contributed by atoms with van der Waals surface area (Å²) in [5.74, 6) is 1.26. The number of nitrogens with one attached hydrogen (secondary N) is 2. The average Bonchev–Trinajstić information content (AvgIpc) is 2.55. The lowest BCUT2D eigenvalue weighted by Gasteiger charge is -2.33. The van der Waals surface area contributed by atoms with Gasteiger partial charge >= 0.3 is 6.03 Å². The van der Waals surface area contributed by atoms with Gasteiger partial charge in [0.15, 0.2) is 0 Å². The molecule has 5 heteroatoms. The first-order valence-electron chi connectivity index (χ1n) is 8.63. The number of carbonyl (C=O) groups is 1. The molecule has 5 nitrogen and oxygen atoms in total. The smallest absolute Gasteiger partial charge is 0.315 e. The number of aliphatic hydroxyl groups excluding tert-OH is 1. The molecule has 0 spiro atoms. The van der Waals surface area contributed by atoms with E-state index in [2.05, 4.69) is 29.5 Å². The van der Waals surface area contributed by atoms with Gasteiger partial charge in [0.2, 0.25) is 0 Å². The Hall–Kier alpha value is -1.62. The molecule has 128 valence electrons. The molecule has 2 rings (SSSR count). The normalized spacial score (nSPS) is 25.6. The SMILES string of the molecule is CC1CCC(NC(=O)NCC(CO)Cc2ccccn2)C(C)C1. The molecule has 0 saturated heterocycles. The van der Waals surface area contributed by atoms with Crippen molar-refractivity contribution < 1.29 is 9.90 Å². The van der Waals surface area contributed by atoms with E-state index in [9.17, 15) is 9.90 Å². The summed E-state index contributed by atoms with van der Waals surface area (Å²) in [6, 6.07) is 5.87. The standard InChI is InChI=1S/C18H29N3O2/c1-13-6-7-17(14(2)9-13)21-18(23)20-11-15(12-22)10-16-5-3-4-8-19-16/h3-5,8,13-15,17,22H,6-7,9-12H2,1-2H3,(H2,20,21,23). The van der Waals surface area contributed by atoms with Crippen LogP contribution in [-0.2, 0) is 6.42 Å². The Labute approximate surface area is 138 Å². The molecule has 1 aliphatic carbocycles. The molecule has 0 aromatic carbocycles. The number of nitrogens with zero attached hydrogens (tertiary/aromatic N) is 1. The third kappa shape index (κ3) is 5.82. The van der Waals surface area contributed by atoms with Crippen LogP contribution in [0.15, 0.2) is 24.4 Å². The lowest BCUT2D eigenvalue weighted by molar-refractivity contribution is 0.197. The zero-order valence-corrected chi connectivity index (χ0v) is 14.2. The van der Waals surface area contributed by atoms with Gasteiger partial charge in [-0.2, -0.15) is 0 Å². The van der Waals surface area contributed by atoms with Crippen molar-refractivity contribution in [3.63, 3.8) is 0 Å². The minimum absolute atomic E-state index is 0.0144. The fraction of sp³-hybridized carbons (Fsp3) is 0.667. The van der Waals surface area contributed by atoms with E-state index in [0.29, 0.717) is 18.9 Å². The Kier molecular flexibility index (Phi) is 6.84. The van der Waals surface area contributed by atoms with Gasteiger partial charge in [-0.25, -0.2) is 4.79 Å². The summed E-state index contributed by atoms with van der Waals surface area (Å²) < 4.78 is 0. The van der Waals surface area contributed by atoms with Crippen LogP contribution in [0, 0.1) is 17.8 Å². The van der Waals surface area contributed by atoms with Crippen LogP contribution in [0.2, 0.25) is 0 Å². The highest BCUT2D eigenvalue weighted by molar-refractivity contribution is 5.74. The third-order valence-corrected chi connectivity index (χ3v) is 4.78. The summed E-state index contributed by atoms with van der Waals surface area (Å²) in [7, 11) is 0. The maximum atomic E-state index is 12.1. The van der Waals surface area contributed by atoms with Gasteiger partial charge in [0.1, 0.15) is 0 Å². The Morgan fingerprint density at radius 1 is 1.39 bits per heavy atom. The minimum atomic E-state index is -0.129. The van der Waals surface area contributed by atoms with Crippen molar-refractivity contribution in [2.75, 3.05) is 13.2 Å². The number of carbonyl (C=O) groups excluding carboxylic acids is 1. The zero-order valence-electron chi connectivity index (χ0n) is 14.2. The van der Waals surface area contributed by atoms with Crippen LogP contribution in [0.4, 0.5) is 4.79 Å². The molecule has 4 atom stereocenters. The Bertz CT molecular complexity index is 480. The molecule has 0 radical (unpaired) electrons. The summed E-state index contributed by atoms with van der Waals surface area (Å²) in [6.45, 7) is 4.97. The predicted molar refractivity (Wildman–Crippen MR) is 91.0 cm³/mol. The van der Waals surface area contributed by atoms with E-state index in [1.165, 1.54) is 12.8 Å². The lowest BCUT2D eigenvalue weighted by atomic mass is 9.80. The fourth-order valence-corrected chi connectivity index (χ4v) is 3.35. The fourth-order valence-electron chi connectivity index (χ4n) is 3.35. The highest BCUT2D eigenvalue weighted by Gasteiger charge is 2.26. The second-order valence-electron chi connectivity index (χ2n) is 6.93. The van der Waals surface area contributed by atoms with E-state index >= 15 is 0 Å². The molecule has 1 fully saturated rings. The highest BCUT2D eigenvalue weighted by Crippen LogP contribution is 2.28. The van der Waals surface area contributed by atoms with Crippen molar-refractivity contribution in [3.05, 3.63) is 30.1 Å². The number of hydrogen-bond donors (Lipinski definition) is 3. The summed E-state index contributed by atoms with van der Waals surface area (Å²) in [5, 5.41) is 15.5. The number of hydrogen-bond acceptors (Lipinski definition) is 3. The van der Waals surface area contributed by atoms with Crippen LogP contribution in [0.1, 0.15) is 38.8 Å². The van der Waals surface area contributed by atoms with Gasteiger partial charge in [-0.3, -0.25) is 4.98 Å². The van der Waals surface area contributed by atoms with Gasteiger partial charge in [-0.15, -0.1) is 0 Å². The largest absolute Gasteiger partial charge is 0.396 e. The minimum Gasteiger partial charge on any atom is -0.396 e. The van der Waals surface area contributed by atoms with Gasteiger partial charge < -0.3 is 15.7 Å². The number of rotatable bonds is 6. The van der Waals surface area contributed by atoms with Gasteiger partial charge in [0, 0.05) is 37.0 Å². The lowest BCUT2D eigenvalue weighted by Crippen LogP contribution is -2.48. The molecule has 1 aliphatic rings. The van der Waals surface area contributed by atoms with Crippen molar-refractivity contribution >= 4 is 6.03 Å². The van der Waals surface area contributed by atoms with Crippen molar-refractivity contribution in [2.24, 2.45) is 17.8 Å². The van der Waals surface area contributed by atoms with E-state index in [1.54, 1.807) is 6.20 Å². The van der Waals surface area contributed by atoms with E-state index in [4.69, 9.17) is 0 Å². The maximum absolute atomic E-state index is 12.1. The van der Waals surface area contributed by atoms with Crippen molar-refractivity contribution in [1.82, 2.24) is 15.6 Å². The van der Waals surface area contributed by atoms with E-state index < -0.39 is 0 Å². The summed E-state index contributed by atoms with van der Waals surface area (Å²) >= 11 is 0. The summed E-state index contributed by atoms with van der Waals surface area (Å²) in [5.41, 5.74) is 0.934. The number of aromatic nitrogens is 1. The van der Waals surface area contributed by atoms with Crippen molar-refractivity contribution in [1.29, 1.82) is 0 Å². The Balaban J connectivity index is 1.74. The van der Waals surface area contributed by atoms with Crippen LogP contribution < -0.4 is 10.6 Å². The second kappa shape index (κ2) is 8.87. The first kappa shape index (κ1) is 17.7. The molecule has 23 heavy (non-hydrogen) atoms. The quantitative estimate of drug-likeness (QED) is 0.753. The molecule has 3 N–H and O–H groups in total. The van der Waals surface area contributed by atoms with Gasteiger partial charge in [-0.1, -0.05) is 19.9 Å². The maximum Gasteiger partial charge on any atom is 0.315 e. The molecular formula is C18H29N3O2. The first-order chi connectivity index (χ1) is 11.1. The zero-order chi connectivity index (χ0) is 16.7. The van der Waals surface area contributed by atoms with Crippen LogP contribution in [0.5, 0.6) is 0 Å². The van der Waals surface area contributed by atoms with E-state index in [-0.39, 0.29) is 24.6 Å². The number of pyridine rings is 1. The van der Waals surface area contributed by atoms with Gasteiger partial charge in [-0.05, 0) is 49.7 Å². The van der Waals surface area contributed by atoms with Crippen molar-refractivity contribution in [2.45, 2.75) is 45.6 Å². The molecular weight excluding hydrogens is 290 g/mol. The number of amides is 2. The topological polar surface area (TPSA) is 74.2 Å². The molecule has 1 aromatic rings. The molecule has 1 saturated carbocycles. The van der Waals surface area contributed by atoms with E-state index in [0.717, 1.165) is 18.0 Å². The monoisotopic (exact) mass is 319 g/mol. The number of aliphatic hydroxyl groups is 1. The molecule has 0 aliphatic heterocycles. The van der Waals surface area contributed by atoms with Gasteiger partial charge in [0.25, 0.3) is 0 Å². The van der Waals surface area contributed by atoms with Crippen LogP contribution in [0.25, 0.3) is 0 Å². The molecule has 1 aromatic heterocycles.